The van der Waals surface area contributed by atoms with Crippen LogP contribution in [0.3, 0.4) is 0 Å². The smallest absolute Gasteiger partial charge is 0.253 e. The van der Waals surface area contributed by atoms with Crippen molar-refractivity contribution in [2.75, 3.05) is 31.1 Å². The molecule has 1 N–H and O–H groups in total. The van der Waals surface area contributed by atoms with Crippen molar-refractivity contribution < 1.29 is 24.2 Å². The number of carbonyl (C=O) groups is 3. The minimum Gasteiger partial charge on any atom is -0.396 e. The van der Waals surface area contributed by atoms with Gasteiger partial charge >= 0.3 is 0 Å². The van der Waals surface area contributed by atoms with E-state index >= 15 is 0 Å². The maximum absolute atomic E-state index is 14.6. The van der Waals surface area contributed by atoms with Crippen LogP contribution < -0.4 is 4.90 Å². The summed E-state index contributed by atoms with van der Waals surface area (Å²) in [5, 5.41) is 9.22. The van der Waals surface area contributed by atoms with Crippen LogP contribution in [0.2, 0.25) is 0 Å². The molecule has 2 aromatic carbocycles. The molecule has 0 saturated carbocycles. The normalized spacial score (nSPS) is 28.2. The fourth-order valence-corrected chi connectivity index (χ4v) is 7.35. The molecule has 2 aromatic rings. The molecular formula is C35H41N3O5. The average molecular weight is 584 g/mol. The van der Waals surface area contributed by atoms with Crippen LogP contribution in [0.15, 0.2) is 72.8 Å². The maximum atomic E-state index is 14.6. The standard InChI is InChI=1S/C35H41N3O5/c1-24-15-16-25(2)27(22-24)37-20-11-17-35-30(33(41)38(31(35)34(37)42)19-8-3-4-9-21-39)29-28(43-35)14-10-18-36(32(29)40)23-26-12-6-5-7-13-26/h5-7,10-17,22,28-31,39H,3-4,8-9,18-21,23H2,1-2H3/t28-,29+,30-,31?,35-/m0/s1. The third-order valence-electron chi connectivity index (χ3n) is 9.42. The van der Waals surface area contributed by atoms with Crippen LogP contribution in [0.1, 0.15) is 42.4 Å². The van der Waals surface area contributed by atoms with Crippen LogP contribution >= 0.6 is 0 Å². The molecule has 1 unspecified atom stereocenters. The van der Waals surface area contributed by atoms with Gasteiger partial charge in [-0.25, -0.2) is 0 Å². The van der Waals surface area contributed by atoms with Crippen molar-refractivity contribution in [3.63, 3.8) is 0 Å². The zero-order valence-electron chi connectivity index (χ0n) is 25.0. The Morgan fingerprint density at radius 1 is 0.907 bits per heavy atom. The van der Waals surface area contributed by atoms with Gasteiger partial charge in [-0.2, -0.15) is 0 Å². The van der Waals surface area contributed by atoms with E-state index in [2.05, 4.69) is 0 Å². The van der Waals surface area contributed by atoms with Crippen LogP contribution in [-0.2, 0) is 25.7 Å². The lowest BCUT2D eigenvalue weighted by Crippen LogP contribution is -2.55. The van der Waals surface area contributed by atoms with Gasteiger partial charge < -0.3 is 24.5 Å². The highest BCUT2D eigenvalue weighted by Crippen LogP contribution is 2.53. The molecule has 43 heavy (non-hydrogen) atoms. The molecule has 8 nitrogen and oxygen atoms in total. The van der Waals surface area contributed by atoms with Gasteiger partial charge in [0, 0.05) is 38.5 Å². The molecule has 4 aliphatic rings. The van der Waals surface area contributed by atoms with Crippen molar-refractivity contribution in [1.29, 1.82) is 0 Å². The van der Waals surface area contributed by atoms with Crippen molar-refractivity contribution in [2.45, 2.75) is 63.8 Å². The first-order valence-electron chi connectivity index (χ1n) is 15.5. The zero-order valence-corrected chi connectivity index (χ0v) is 25.0. The number of ether oxygens (including phenoxy) is 1. The highest BCUT2D eigenvalue weighted by molar-refractivity contribution is 6.06. The van der Waals surface area contributed by atoms with Gasteiger partial charge in [-0.1, -0.05) is 79.6 Å². The van der Waals surface area contributed by atoms with Gasteiger partial charge in [0.25, 0.3) is 5.91 Å². The van der Waals surface area contributed by atoms with Crippen molar-refractivity contribution in [3.8, 4) is 0 Å². The molecule has 3 amide bonds. The second kappa shape index (κ2) is 12.1. The summed E-state index contributed by atoms with van der Waals surface area (Å²) in [6, 6.07) is 15.0. The molecule has 0 aromatic heterocycles. The number of benzene rings is 2. The Bertz CT molecular complexity index is 1440. The lowest BCUT2D eigenvalue weighted by molar-refractivity contribution is -0.144. The number of carbonyl (C=O) groups excluding carboxylic acids is 3. The average Bonchev–Trinajstić information content (AvgIpc) is 3.32. The van der Waals surface area contributed by atoms with Crippen LogP contribution in [-0.4, -0.2) is 76.6 Å². The summed E-state index contributed by atoms with van der Waals surface area (Å²) in [7, 11) is 0. The minimum absolute atomic E-state index is 0.117. The van der Waals surface area contributed by atoms with E-state index in [4.69, 9.17) is 4.74 Å². The first-order valence-corrected chi connectivity index (χ1v) is 15.5. The molecule has 226 valence electrons. The second-order valence-electron chi connectivity index (χ2n) is 12.3. The molecule has 5 atom stereocenters. The summed E-state index contributed by atoms with van der Waals surface area (Å²) in [4.78, 5) is 48.6. The second-order valence-corrected chi connectivity index (χ2v) is 12.3. The molecule has 6 rings (SSSR count). The SMILES string of the molecule is Cc1ccc(C)c(N2CC=C[C@]34O[C@H]5C=CCN(Cc6ccccc6)C(=O)[C@H]5[C@H]3C(=O)N(CCCCCCO)C4C2=O)c1. The summed E-state index contributed by atoms with van der Waals surface area (Å²) in [5.41, 5.74) is 2.63. The number of unbranched alkanes of at least 4 members (excludes halogenated alkanes) is 3. The first kappa shape index (κ1) is 29.3. The largest absolute Gasteiger partial charge is 0.396 e. The molecule has 0 aliphatic carbocycles. The molecule has 2 fully saturated rings. The number of hydrogen-bond acceptors (Lipinski definition) is 5. The van der Waals surface area contributed by atoms with Gasteiger partial charge in [0.1, 0.15) is 11.6 Å². The Morgan fingerprint density at radius 2 is 1.70 bits per heavy atom. The Kier molecular flexibility index (Phi) is 8.25. The van der Waals surface area contributed by atoms with E-state index in [9.17, 15) is 19.5 Å². The van der Waals surface area contributed by atoms with Crippen LogP contribution in [0.25, 0.3) is 0 Å². The third kappa shape index (κ3) is 5.21. The van der Waals surface area contributed by atoms with Gasteiger partial charge in [-0.15, -0.1) is 0 Å². The monoisotopic (exact) mass is 583 g/mol. The Labute approximate surface area is 253 Å². The summed E-state index contributed by atoms with van der Waals surface area (Å²) in [6.45, 7) is 5.75. The number of rotatable bonds is 9. The van der Waals surface area contributed by atoms with Crippen LogP contribution in [0.4, 0.5) is 5.69 Å². The molecule has 0 bridgehead atoms. The topological polar surface area (TPSA) is 90.4 Å². The molecular weight excluding hydrogens is 542 g/mol. The van der Waals surface area contributed by atoms with E-state index in [0.717, 1.165) is 35.2 Å². The van der Waals surface area contributed by atoms with Gasteiger partial charge in [0.15, 0.2) is 0 Å². The van der Waals surface area contributed by atoms with E-state index in [0.29, 0.717) is 39.0 Å². The van der Waals surface area contributed by atoms with Gasteiger partial charge in [0.05, 0.1) is 17.9 Å². The lowest BCUT2D eigenvalue weighted by atomic mass is 9.77. The first-order chi connectivity index (χ1) is 20.9. The minimum atomic E-state index is -1.24. The number of fused-ring (bicyclic) bond motifs is 2. The number of aliphatic hydroxyl groups excluding tert-OH is 1. The van der Waals surface area contributed by atoms with Crippen molar-refractivity contribution in [2.24, 2.45) is 11.8 Å². The number of nitrogens with zero attached hydrogens (tertiary/aromatic N) is 3. The summed E-state index contributed by atoms with van der Waals surface area (Å²) >= 11 is 0. The lowest BCUT2D eigenvalue weighted by Gasteiger charge is -2.35. The fraction of sp³-hybridized carbons (Fsp3) is 0.457. The number of hydrogen-bond donors (Lipinski definition) is 1. The summed E-state index contributed by atoms with van der Waals surface area (Å²) in [6.07, 6.45) is 10.2. The number of likely N-dealkylation sites (tertiary alicyclic amines) is 1. The van der Waals surface area contributed by atoms with Gasteiger partial charge in [0.2, 0.25) is 11.8 Å². The molecule has 8 heteroatoms. The van der Waals surface area contributed by atoms with E-state index in [1.807, 2.05) is 86.7 Å². The quantitative estimate of drug-likeness (QED) is 0.357. The fourth-order valence-electron chi connectivity index (χ4n) is 7.35. The van der Waals surface area contributed by atoms with Gasteiger partial charge in [-0.05, 0) is 49.4 Å². The third-order valence-corrected chi connectivity index (χ3v) is 9.42. The molecule has 4 heterocycles. The summed E-state index contributed by atoms with van der Waals surface area (Å²) in [5.74, 6) is -2.01. The van der Waals surface area contributed by atoms with Crippen LogP contribution in [0, 0.1) is 25.7 Å². The number of amides is 3. The number of anilines is 1. The van der Waals surface area contributed by atoms with E-state index in [-0.39, 0.29) is 24.3 Å². The Morgan fingerprint density at radius 3 is 2.49 bits per heavy atom. The highest BCUT2D eigenvalue weighted by Gasteiger charge is 2.71. The Hall–Kier alpha value is -3.75. The van der Waals surface area contributed by atoms with E-state index in [1.165, 1.54) is 0 Å². The molecule has 4 aliphatic heterocycles. The predicted octanol–water partition coefficient (Wildman–Crippen LogP) is 3.94. The van der Waals surface area contributed by atoms with Crippen LogP contribution in [0.5, 0.6) is 0 Å². The van der Waals surface area contributed by atoms with Crippen molar-refractivity contribution in [3.05, 3.63) is 89.5 Å². The van der Waals surface area contributed by atoms with Crippen molar-refractivity contribution >= 4 is 23.4 Å². The zero-order chi connectivity index (χ0) is 30.1. The van der Waals surface area contributed by atoms with Gasteiger partial charge in [-0.3, -0.25) is 14.4 Å². The molecule has 2 saturated heterocycles. The number of aliphatic hydroxyl groups is 1. The summed E-state index contributed by atoms with van der Waals surface area (Å²) < 4.78 is 6.80. The predicted molar refractivity (Wildman–Crippen MR) is 164 cm³/mol. The van der Waals surface area contributed by atoms with Crippen molar-refractivity contribution in [1.82, 2.24) is 9.80 Å². The molecule has 0 radical (unpaired) electrons. The molecule has 1 spiro atoms. The maximum Gasteiger partial charge on any atom is 0.253 e. The number of aryl methyl sites for hydroxylation is 2. The van der Waals surface area contributed by atoms with E-state index < -0.39 is 29.6 Å². The van der Waals surface area contributed by atoms with E-state index in [1.54, 1.807) is 14.7 Å². The Balaban J connectivity index is 1.37. The highest BCUT2D eigenvalue weighted by atomic mass is 16.5.